The lowest BCUT2D eigenvalue weighted by molar-refractivity contribution is 1.18. The van der Waals surface area contributed by atoms with Crippen molar-refractivity contribution in [2.75, 3.05) is 0 Å². The molecule has 6 rings (SSSR count). The molecule has 0 N–H and O–H groups in total. The van der Waals surface area contributed by atoms with Gasteiger partial charge in [0.15, 0.2) is 0 Å². The Hall–Kier alpha value is -2.33. The summed E-state index contributed by atoms with van der Waals surface area (Å²) in [6.07, 6.45) is 0. The smallest absolute Gasteiger partial charge is 0.0562 e. The Kier molecular flexibility index (Phi) is 3.61. The first-order valence-corrected chi connectivity index (χ1v) is 11.0. The molecule has 2 aromatic heterocycles. The molecular weight excluding hydrogens is 450 g/mol. The first-order chi connectivity index (χ1) is 13.7. The van der Waals surface area contributed by atoms with Crippen LogP contribution < -0.4 is 0 Å². The normalized spacial score (nSPS) is 11.9. The van der Waals surface area contributed by atoms with Crippen molar-refractivity contribution >= 4 is 70.1 Å². The van der Waals surface area contributed by atoms with E-state index in [0.29, 0.717) is 0 Å². The predicted molar refractivity (Wildman–Crippen MR) is 125 cm³/mol. The number of benzene rings is 4. The molecule has 0 unspecified atom stereocenters. The van der Waals surface area contributed by atoms with E-state index >= 15 is 0 Å². The molecule has 0 fully saturated rings. The van der Waals surface area contributed by atoms with Gasteiger partial charge in [0.05, 0.1) is 11.0 Å². The van der Waals surface area contributed by atoms with Crippen LogP contribution in [-0.2, 0) is 0 Å². The van der Waals surface area contributed by atoms with Crippen LogP contribution in [0.15, 0.2) is 83.3 Å². The second-order valence-corrected chi connectivity index (χ2v) is 9.39. The Balaban J connectivity index is 1.77. The maximum atomic E-state index is 6.33. The lowest BCUT2D eigenvalue weighted by Gasteiger charge is -2.10. The van der Waals surface area contributed by atoms with Gasteiger partial charge in [-0.05, 0) is 65.7 Å². The van der Waals surface area contributed by atoms with Crippen LogP contribution in [0.5, 0.6) is 0 Å². The van der Waals surface area contributed by atoms with Crippen molar-refractivity contribution < 1.29 is 0 Å². The minimum absolute atomic E-state index is 0.734. The summed E-state index contributed by atoms with van der Waals surface area (Å²) < 4.78 is 6.00. The molecular formula is C24H13BrClNS. The maximum Gasteiger partial charge on any atom is 0.0562 e. The molecule has 0 aliphatic carbocycles. The van der Waals surface area contributed by atoms with Crippen LogP contribution in [-0.4, -0.2) is 4.57 Å². The third kappa shape index (κ3) is 2.37. The lowest BCUT2D eigenvalue weighted by atomic mass is 10.0. The van der Waals surface area contributed by atoms with Crippen molar-refractivity contribution in [3.8, 4) is 16.8 Å². The van der Waals surface area contributed by atoms with Gasteiger partial charge in [0.2, 0.25) is 0 Å². The Morgan fingerprint density at radius 3 is 2.32 bits per heavy atom. The summed E-state index contributed by atoms with van der Waals surface area (Å²) in [6.45, 7) is 0. The van der Waals surface area contributed by atoms with Crippen LogP contribution in [0.3, 0.4) is 0 Å². The molecule has 0 saturated heterocycles. The number of rotatable bonds is 2. The second-order valence-electron chi connectivity index (χ2n) is 6.95. The highest BCUT2D eigenvalue weighted by atomic mass is 79.9. The highest BCUT2D eigenvalue weighted by Crippen LogP contribution is 2.45. The quantitative estimate of drug-likeness (QED) is 0.243. The van der Waals surface area contributed by atoms with E-state index < -0.39 is 0 Å². The van der Waals surface area contributed by atoms with Gasteiger partial charge in [0.1, 0.15) is 0 Å². The average Bonchev–Trinajstić information content (AvgIpc) is 3.24. The first kappa shape index (κ1) is 16.6. The van der Waals surface area contributed by atoms with Crippen LogP contribution in [0.25, 0.3) is 48.0 Å². The molecule has 0 saturated carbocycles. The minimum atomic E-state index is 0.734. The Morgan fingerprint density at radius 1 is 0.714 bits per heavy atom. The Bertz CT molecular complexity index is 1460. The van der Waals surface area contributed by atoms with Crippen LogP contribution in [0.4, 0.5) is 0 Å². The highest BCUT2D eigenvalue weighted by molar-refractivity contribution is 9.10. The largest absolute Gasteiger partial charge is 0.309 e. The number of hydrogen-bond donors (Lipinski definition) is 0. The number of thiophene rings is 1. The summed E-state index contributed by atoms with van der Waals surface area (Å²) in [7, 11) is 0. The van der Waals surface area contributed by atoms with Crippen molar-refractivity contribution in [2.45, 2.75) is 0 Å². The molecule has 0 spiro atoms. The van der Waals surface area contributed by atoms with E-state index in [1.165, 1.54) is 42.5 Å². The van der Waals surface area contributed by atoms with Gasteiger partial charge >= 0.3 is 0 Å². The molecule has 0 atom stereocenters. The number of nitrogens with zero attached hydrogens (tertiary/aromatic N) is 1. The molecule has 4 aromatic carbocycles. The van der Waals surface area contributed by atoms with Gasteiger partial charge in [0, 0.05) is 35.4 Å². The van der Waals surface area contributed by atoms with Gasteiger partial charge in [-0.15, -0.1) is 11.3 Å². The van der Waals surface area contributed by atoms with Crippen molar-refractivity contribution in [3.63, 3.8) is 0 Å². The summed E-state index contributed by atoms with van der Waals surface area (Å²) in [5.74, 6) is 0. The fourth-order valence-electron chi connectivity index (χ4n) is 4.14. The summed E-state index contributed by atoms with van der Waals surface area (Å²) in [5.41, 5.74) is 5.97. The number of aromatic nitrogens is 1. The fraction of sp³-hybridized carbons (Fsp3) is 0. The van der Waals surface area contributed by atoms with E-state index in [9.17, 15) is 0 Å². The fourth-order valence-corrected chi connectivity index (χ4v) is 6.19. The van der Waals surface area contributed by atoms with Gasteiger partial charge in [-0.3, -0.25) is 0 Å². The number of hydrogen-bond acceptors (Lipinski definition) is 1. The molecule has 0 amide bonds. The first-order valence-electron chi connectivity index (χ1n) is 9.00. The molecule has 0 aliphatic rings. The monoisotopic (exact) mass is 461 g/mol. The third-order valence-corrected chi connectivity index (χ3v) is 7.03. The van der Waals surface area contributed by atoms with E-state index in [-0.39, 0.29) is 0 Å². The van der Waals surface area contributed by atoms with E-state index in [0.717, 1.165) is 15.1 Å². The van der Waals surface area contributed by atoms with Crippen LogP contribution in [0.2, 0.25) is 5.02 Å². The number of halogens is 2. The van der Waals surface area contributed by atoms with E-state index in [4.69, 9.17) is 11.6 Å². The highest BCUT2D eigenvalue weighted by Gasteiger charge is 2.20. The van der Waals surface area contributed by atoms with Gasteiger partial charge in [-0.2, -0.15) is 0 Å². The standard InChI is InChI=1S/C24H13BrClNS/c25-16-9-14(10-17(26)13-16)15-11-20-24-22(12-15)28-21-8-4-7-19(23(21)24)27(20)18-5-2-1-3-6-18/h1-13H. The molecule has 0 radical (unpaired) electrons. The SMILES string of the molecule is Clc1cc(Br)cc(-c2cc3sc4cccc5c4c3c(c2)n5-c2ccccc2)c1. The zero-order valence-corrected chi connectivity index (χ0v) is 17.8. The summed E-state index contributed by atoms with van der Waals surface area (Å²) in [5, 5.41) is 3.45. The maximum absolute atomic E-state index is 6.33. The van der Waals surface area contributed by atoms with Crippen LogP contribution in [0, 0.1) is 0 Å². The summed E-state index contributed by atoms with van der Waals surface area (Å²) in [4.78, 5) is 0. The van der Waals surface area contributed by atoms with Crippen molar-refractivity contribution in [2.24, 2.45) is 0 Å². The molecule has 1 nitrogen and oxygen atoms in total. The van der Waals surface area contributed by atoms with Gasteiger partial charge in [0.25, 0.3) is 0 Å². The molecule has 28 heavy (non-hydrogen) atoms. The molecule has 134 valence electrons. The Morgan fingerprint density at radius 2 is 1.50 bits per heavy atom. The average molecular weight is 463 g/mol. The summed E-state index contributed by atoms with van der Waals surface area (Å²) >= 11 is 11.8. The van der Waals surface area contributed by atoms with E-state index in [2.05, 4.69) is 87.2 Å². The van der Waals surface area contributed by atoms with Gasteiger partial charge < -0.3 is 4.57 Å². The topological polar surface area (TPSA) is 4.93 Å². The van der Waals surface area contributed by atoms with Gasteiger partial charge in [-0.25, -0.2) is 0 Å². The molecule has 2 heterocycles. The van der Waals surface area contributed by atoms with Crippen LogP contribution in [0.1, 0.15) is 0 Å². The van der Waals surface area contributed by atoms with Crippen molar-refractivity contribution in [1.29, 1.82) is 0 Å². The molecule has 6 aromatic rings. The van der Waals surface area contributed by atoms with E-state index in [1.54, 1.807) is 0 Å². The van der Waals surface area contributed by atoms with E-state index in [1.807, 2.05) is 23.5 Å². The van der Waals surface area contributed by atoms with Crippen molar-refractivity contribution in [3.05, 3.63) is 88.4 Å². The third-order valence-electron chi connectivity index (χ3n) is 5.25. The van der Waals surface area contributed by atoms with Crippen LogP contribution >= 0.6 is 38.9 Å². The minimum Gasteiger partial charge on any atom is -0.309 e. The summed E-state index contributed by atoms with van der Waals surface area (Å²) in [6, 6.07) is 27.8. The van der Waals surface area contributed by atoms with Gasteiger partial charge in [-0.1, -0.05) is 51.8 Å². The Labute approximate surface area is 179 Å². The molecule has 0 bridgehead atoms. The zero-order valence-electron chi connectivity index (χ0n) is 14.6. The zero-order chi connectivity index (χ0) is 18.8. The second kappa shape index (κ2) is 6.08. The predicted octanol–water partition coefficient (Wildman–Crippen LogP) is 8.52. The van der Waals surface area contributed by atoms with Crippen molar-refractivity contribution in [1.82, 2.24) is 4.57 Å². The molecule has 4 heteroatoms. The number of para-hydroxylation sites is 1. The molecule has 0 aliphatic heterocycles. The lowest BCUT2D eigenvalue weighted by Crippen LogP contribution is -1.93.